The first-order valence-electron chi connectivity index (χ1n) is 7.61. The minimum absolute atomic E-state index is 0.0908. The standard InChI is InChI=1S/C15H30N2O2/c1-11(2)17(9-13(4)18)10-15(19)16-14-8-6-5-7-12(14)3/h11-14,18H,5-10H2,1-4H3,(H,16,19). The molecule has 0 aliphatic heterocycles. The van der Waals surface area contributed by atoms with Crippen LogP contribution in [0.4, 0.5) is 0 Å². The van der Waals surface area contributed by atoms with Gasteiger partial charge in [-0.05, 0) is 39.5 Å². The van der Waals surface area contributed by atoms with Crippen molar-refractivity contribution >= 4 is 5.91 Å². The van der Waals surface area contributed by atoms with Crippen LogP contribution in [0.1, 0.15) is 53.4 Å². The first-order chi connectivity index (χ1) is 8.90. The van der Waals surface area contributed by atoms with Gasteiger partial charge in [0.25, 0.3) is 0 Å². The van der Waals surface area contributed by atoms with E-state index in [1.165, 1.54) is 19.3 Å². The molecule has 4 heteroatoms. The van der Waals surface area contributed by atoms with Crippen molar-refractivity contribution in [2.24, 2.45) is 5.92 Å². The van der Waals surface area contributed by atoms with Crippen molar-refractivity contribution in [1.82, 2.24) is 10.2 Å². The van der Waals surface area contributed by atoms with Gasteiger partial charge in [0.05, 0.1) is 12.6 Å². The summed E-state index contributed by atoms with van der Waals surface area (Å²) in [6, 6.07) is 0.603. The zero-order valence-electron chi connectivity index (χ0n) is 12.9. The number of carbonyl (C=O) groups excluding carboxylic acids is 1. The Bertz CT molecular complexity index is 279. The second-order valence-corrected chi connectivity index (χ2v) is 6.31. The van der Waals surface area contributed by atoms with Crippen LogP contribution >= 0.6 is 0 Å². The Labute approximate surface area is 117 Å². The van der Waals surface area contributed by atoms with Crippen LogP contribution in [0.3, 0.4) is 0 Å². The normalized spacial score (nSPS) is 25.6. The van der Waals surface area contributed by atoms with Gasteiger partial charge >= 0.3 is 0 Å². The number of carbonyl (C=O) groups is 1. The Hall–Kier alpha value is -0.610. The Morgan fingerprint density at radius 1 is 1.32 bits per heavy atom. The van der Waals surface area contributed by atoms with E-state index in [0.717, 1.165) is 6.42 Å². The van der Waals surface area contributed by atoms with Crippen LogP contribution < -0.4 is 5.32 Å². The molecule has 0 spiro atoms. The Morgan fingerprint density at radius 2 is 1.95 bits per heavy atom. The van der Waals surface area contributed by atoms with Crippen molar-refractivity contribution in [2.75, 3.05) is 13.1 Å². The van der Waals surface area contributed by atoms with Crippen LogP contribution in [0.15, 0.2) is 0 Å². The first-order valence-corrected chi connectivity index (χ1v) is 7.61. The van der Waals surface area contributed by atoms with E-state index in [1.807, 2.05) is 4.90 Å². The highest BCUT2D eigenvalue weighted by atomic mass is 16.3. The highest BCUT2D eigenvalue weighted by Crippen LogP contribution is 2.23. The lowest BCUT2D eigenvalue weighted by molar-refractivity contribution is -0.124. The average Bonchev–Trinajstić information content (AvgIpc) is 2.30. The molecule has 1 amide bonds. The molecular formula is C15H30N2O2. The van der Waals surface area contributed by atoms with Crippen molar-refractivity contribution in [3.63, 3.8) is 0 Å². The molecule has 0 aromatic rings. The minimum atomic E-state index is -0.399. The molecule has 3 unspecified atom stereocenters. The van der Waals surface area contributed by atoms with Crippen molar-refractivity contribution < 1.29 is 9.90 Å². The van der Waals surface area contributed by atoms with Crippen molar-refractivity contribution in [2.45, 2.75) is 71.6 Å². The number of rotatable bonds is 6. The summed E-state index contributed by atoms with van der Waals surface area (Å²) in [5.41, 5.74) is 0. The highest BCUT2D eigenvalue weighted by molar-refractivity contribution is 5.78. The van der Waals surface area contributed by atoms with Gasteiger partial charge in [-0.15, -0.1) is 0 Å². The van der Waals surface area contributed by atoms with Crippen LogP contribution in [-0.4, -0.2) is 47.2 Å². The lowest BCUT2D eigenvalue weighted by atomic mass is 9.86. The number of aliphatic hydroxyl groups is 1. The van der Waals surface area contributed by atoms with Crippen LogP contribution in [0.5, 0.6) is 0 Å². The number of nitrogens with one attached hydrogen (secondary N) is 1. The molecule has 0 heterocycles. The third-order valence-electron chi connectivity index (χ3n) is 4.03. The van der Waals surface area contributed by atoms with Crippen molar-refractivity contribution in [1.29, 1.82) is 0 Å². The summed E-state index contributed by atoms with van der Waals surface area (Å²) in [6.45, 7) is 9.02. The molecule has 0 aromatic heterocycles. The van der Waals surface area contributed by atoms with E-state index in [0.29, 0.717) is 25.0 Å². The van der Waals surface area contributed by atoms with E-state index in [4.69, 9.17) is 0 Å². The van der Waals surface area contributed by atoms with Crippen LogP contribution in [0.25, 0.3) is 0 Å². The molecule has 112 valence electrons. The third-order valence-corrected chi connectivity index (χ3v) is 4.03. The summed E-state index contributed by atoms with van der Waals surface area (Å²) in [6.07, 6.45) is 4.42. The molecule has 1 aliphatic rings. The molecule has 0 saturated heterocycles. The first kappa shape index (κ1) is 16.4. The number of amides is 1. The molecule has 3 atom stereocenters. The molecular weight excluding hydrogens is 240 g/mol. The second-order valence-electron chi connectivity index (χ2n) is 6.31. The molecule has 1 saturated carbocycles. The summed E-state index contributed by atoms with van der Waals surface area (Å²) < 4.78 is 0. The number of aliphatic hydroxyl groups excluding tert-OH is 1. The SMILES string of the molecule is CC(O)CN(CC(=O)NC1CCCCC1C)C(C)C. The number of hydrogen-bond acceptors (Lipinski definition) is 3. The maximum Gasteiger partial charge on any atom is 0.234 e. The van der Waals surface area contributed by atoms with E-state index >= 15 is 0 Å². The van der Waals surface area contributed by atoms with Gasteiger partial charge in [0, 0.05) is 18.6 Å². The second kappa shape index (κ2) is 7.85. The fourth-order valence-electron chi connectivity index (χ4n) is 2.76. The Morgan fingerprint density at radius 3 is 2.47 bits per heavy atom. The summed E-state index contributed by atoms with van der Waals surface area (Å²) >= 11 is 0. The van der Waals surface area contributed by atoms with E-state index < -0.39 is 6.10 Å². The van der Waals surface area contributed by atoms with Gasteiger partial charge in [0.15, 0.2) is 0 Å². The maximum absolute atomic E-state index is 12.1. The number of nitrogens with zero attached hydrogens (tertiary/aromatic N) is 1. The summed E-state index contributed by atoms with van der Waals surface area (Å²) in [4.78, 5) is 14.1. The van der Waals surface area contributed by atoms with Crippen molar-refractivity contribution in [3.05, 3.63) is 0 Å². The van der Waals surface area contributed by atoms with Crippen LogP contribution in [0, 0.1) is 5.92 Å². The molecule has 0 aromatic carbocycles. The largest absolute Gasteiger partial charge is 0.392 e. The zero-order chi connectivity index (χ0) is 14.4. The highest BCUT2D eigenvalue weighted by Gasteiger charge is 2.24. The van der Waals surface area contributed by atoms with E-state index in [1.54, 1.807) is 6.92 Å². The molecule has 2 N–H and O–H groups in total. The van der Waals surface area contributed by atoms with E-state index in [9.17, 15) is 9.90 Å². The van der Waals surface area contributed by atoms with Gasteiger partial charge in [0.2, 0.25) is 5.91 Å². The topological polar surface area (TPSA) is 52.6 Å². The maximum atomic E-state index is 12.1. The van der Waals surface area contributed by atoms with Gasteiger partial charge in [-0.1, -0.05) is 19.8 Å². The van der Waals surface area contributed by atoms with Crippen molar-refractivity contribution in [3.8, 4) is 0 Å². The predicted molar refractivity (Wildman–Crippen MR) is 78.0 cm³/mol. The molecule has 1 rings (SSSR count). The zero-order valence-corrected chi connectivity index (χ0v) is 12.9. The molecule has 1 aliphatic carbocycles. The molecule has 0 bridgehead atoms. The van der Waals surface area contributed by atoms with Gasteiger partial charge < -0.3 is 10.4 Å². The summed E-state index contributed by atoms with van der Waals surface area (Å²) in [5.74, 6) is 0.676. The monoisotopic (exact) mass is 270 g/mol. The van der Waals surface area contributed by atoms with E-state index in [-0.39, 0.29) is 11.9 Å². The molecule has 4 nitrogen and oxygen atoms in total. The molecule has 19 heavy (non-hydrogen) atoms. The average molecular weight is 270 g/mol. The summed E-state index contributed by atoms with van der Waals surface area (Å²) in [7, 11) is 0. The Balaban J connectivity index is 2.43. The fourth-order valence-corrected chi connectivity index (χ4v) is 2.76. The number of hydrogen-bond donors (Lipinski definition) is 2. The van der Waals surface area contributed by atoms with Gasteiger partial charge in [-0.25, -0.2) is 0 Å². The predicted octanol–water partition coefficient (Wildman–Crippen LogP) is 1.77. The third kappa shape index (κ3) is 5.91. The minimum Gasteiger partial charge on any atom is -0.392 e. The van der Waals surface area contributed by atoms with Crippen LogP contribution in [-0.2, 0) is 4.79 Å². The fraction of sp³-hybridized carbons (Fsp3) is 0.933. The van der Waals surface area contributed by atoms with Gasteiger partial charge in [-0.2, -0.15) is 0 Å². The Kier molecular flexibility index (Phi) is 6.80. The quantitative estimate of drug-likeness (QED) is 0.773. The van der Waals surface area contributed by atoms with Crippen LogP contribution in [0.2, 0.25) is 0 Å². The lowest BCUT2D eigenvalue weighted by Gasteiger charge is -2.32. The van der Waals surface area contributed by atoms with Gasteiger partial charge in [-0.3, -0.25) is 9.69 Å². The summed E-state index contributed by atoms with van der Waals surface area (Å²) in [5, 5.41) is 12.6. The molecule has 1 fully saturated rings. The van der Waals surface area contributed by atoms with Gasteiger partial charge in [0.1, 0.15) is 0 Å². The van der Waals surface area contributed by atoms with E-state index in [2.05, 4.69) is 26.1 Å². The smallest absolute Gasteiger partial charge is 0.234 e. The lowest BCUT2D eigenvalue weighted by Crippen LogP contribution is -2.48. The molecule has 0 radical (unpaired) electrons.